The van der Waals surface area contributed by atoms with Crippen molar-refractivity contribution in [3.63, 3.8) is 0 Å². The van der Waals surface area contributed by atoms with Crippen LogP contribution in [0.25, 0.3) is 0 Å². The van der Waals surface area contributed by atoms with Crippen LogP contribution in [0.3, 0.4) is 0 Å². The van der Waals surface area contributed by atoms with Gasteiger partial charge in [-0.05, 0) is 23.8 Å². The molecule has 1 atom stereocenters. The second kappa shape index (κ2) is 7.75. The Hall–Kier alpha value is -2.94. The molecule has 2 amide bonds. The number of aromatic nitrogens is 2. The maximum atomic E-state index is 12.7. The van der Waals surface area contributed by atoms with E-state index in [0.717, 1.165) is 22.7 Å². The summed E-state index contributed by atoms with van der Waals surface area (Å²) >= 11 is 1.21. The zero-order valence-corrected chi connectivity index (χ0v) is 14.9. The maximum absolute atomic E-state index is 12.7. The van der Waals surface area contributed by atoms with E-state index >= 15 is 0 Å². The number of carbonyl (C=O) groups excluding carboxylic acids is 1. The SMILES string of the molecule is C[C@@H](c1ccccc1)c1nnc(NC(=O)Nc2cccc(C(F)(F)F)c2)s1. The van der Waals surface area contributed by atoms with Gasteiger partial charge in [0.05, 0.1) is 5.56 Å². The molecule has 0 aliphatic carbocycles. The Morgan fingerprint density at radius 2 is 1.78 bits per heavy atom. The van der Waals surface area contributed by atoms with Gasteiger partial charge in [-0.1, -0.05) is 54.7 Å². The third kappa shape index (κ3) is 4.82. The maximum Gasteiger partial charge on any atom is 0.416 e. The minimum Gasteiger partial charge on any atom is -0.308 e. The molecule has 0 saturated heterocycles. The van der Waals surface area contributed by atoms with E-state index < -0.39 is 17.8 Å². The zero-order valence-electron chi connectivity index (χ0n) is 14.1. The highest BCUT2D eigenvalue weighted by atomic mass is 32.1. The summed E-state index contributed by atoms with van der Waals surface area (Å²) in [7, 11) is 0. The quantitative estimate of drug-likeness (QED) is 0.629. The van der Waals surface area contributed by atoms with E-state index in [0.29, 0.717) is 0 Å². The molecule has 0 radical (unpaired) electrons. The second-order valence-corrected chi connectivity index (χ2v) is 6.74. The lowest BCUT2D eigenvalue weighted by Crippen LogP contribution is -2.19. The van der Waals surface area contributed by atoms with Gasteiger partial charge in [-0.15, -0.1) is 10.2 Å². The molecule has 0 saturated carbocycles. The highest BCUT2D eigenvalue weighted by Gasteiger charge is 2.30. The predicted molar refractivity (Wildman–Crippen MR) is 98.0 cm³/mol. The normalized spacial score (nSPS) is 12.4. The number of benzene rings is 2. The lowest BCUT2D eigenvalue weighted by atomic mass is 10.0. The molecule has 0 aliphatic heterocycles. The van der Waals surface area contributed by atoms with E-state index in [4.69, 9.17) is 0 Å². The van der Waals surface area contributed by atoms with E-state index in [9.17, 15) is 18.0 Å². The van der Waals surface area contributed by atoms with Gasteiger partial charge in [0, 0.05) is 11.6 Å². The molecule has 1 heterocycles. The molecule has 2 N–H and O–H groups in total. The summed E-state index contributed by atoms with van der Waals surface area (Å²) in [6.45, 7) is 1.97. The minimum atomic E-state index is -4.48. The summed E-state index contributed by atoms with van der Waals surface area (Å²) in [5.41, 5.74) is 0.258. The number of halogens is 3. The molecule has 1 aromatic heterocycles. The Kier molecular flexibility index (Phi) is 5.41. The van der Waals surface area contributed by atoms with E-state index in [2.05, 4.69) is 20.8 Å². The van der Waals surface area contributed by atoms with E-state index in [1.165, 1.54) is 23.5 Å². The van der Waals surface area contributed by atoms with Crippen LogP contribution < -0.4 is 10.6 Å². The van der Waals surface area contributed by atoms with Crippen molar-refractivity contribution in [2.45, 2.75) is 19.0 Å². The molecule has 27 heavy (non-hydrogen) atoms. The molecule has 3 aromatic rings. The molecule has 5 nitrogen and oxygen atoms in total. The molecule has 0 spiro atoms. The smallest absolute Gasteiger partial charge is 0.308 e. The van der Waals surface area contributed by atoms with Crippen molar-refractivity contribution in [2.24, 2.45) is 0 Å². The van der Waals surface area contributed by atoms with Crippen molar-refractivity contribution in [1.29, 1.82) is 0 Å². The number of anilines is 2. The van der Waals surface area contributed by atoms with Crippen LogP contribution in [0.15, 0.2) is 54.6 Å². The molecule has 0 bridgehead atoms. The van der Waals surface area contributed by atoms with Crippen LogP contribution in [-0.4, -0.2) is 16.2 Å². The zero-order chi connectivity index (χ0) is 19.4. The number of carbonyl (C=O) groups is 1. The fraction of sp³-hybridized carbons (Fsp3) is 0.167. The molecule has 9 heteroatoms. The second-order valence-electron chi connectivity index (χ2n) is 5.74. The average molecular weight is 392 g/mol. The highest BCUT2D eigenvalue weighted by molar-refractivity contribution is 7.15. The number of hydrogen-bond acceptors (Lipinski definition) is 4. The van der Waals surface area contributed by atoms with Crippen molar-refractivity contribution in [3.05, 3.63) is 70.7 Å². The van der Waals surface area contributed by atoms with Gasteiger partial charge in [-0.2, -0.15) is 13.2 Å². The first-order chi connectivity index (χ1) is 12.8. The third-order valence-electron chi connectivity index (χ3n) is 3.78. The molecule has 0 unspecified atom stereocenters. The van der Waals surface area contributed by atoms with Gasteiger partial charge in [0.15, 0.2) is 0 Å². The first kappa shape index (κ1) is 18.8. The summed E-state index contributed by atoms with van der Waals surface area (Å²) in [6.07, 6.45) is -4.48. The standard InChI is InChI=1S/C18H15F3N4OS/c1-11(12-6-3-2-4-7-12)15-24-25-17(27-15)23-16(26)22-14-9-5-8-13(10-14)18(19,20)21/h2-11H,1H3,(H2,22,23,25,26)/t11-/m0/s1. The Labute approximate surface area is 157 Å². The first-order valence-electron chi connectivity index (χ1n) is 7.96. The molecule has 2 aromatic carbocycles. The minimum absolute atomic E-state index is 0.00535. The molecule has 0 fully saturated rings. The molecular formula is C18H15F3N4OS. The first-order valence-corrected chi connectivity index (χ1v) is 8.78. The highest BCUT2D eigenvalue weighted by Crippen LogP contribution is 2.31. The summed E-state index contributed by atoms with van der Waals surface area (Å²) in [5, 5.41) is 13.8. The Balaban J connectivity index is 1.65. The number of amides is 2. The third-order valence-corrected chi connectivity index (χ3v) is 4.80. The molecule has 140 valence electrons. The van der Waals surface area contributed by atoms with Crippen LogP contribution in [-0.2, 0) is 6.18 Å². The fourth-order valence-electron chi connectivity index (χ4n) is 2.38. The summed E-state index contributed by atoms with van der Waals surface area (Å²) in [6, 6.07) is 13.4. The summed E-state index contributed by atoms with van der Waals surface area (Å²) in [4.78, 5) is 12.0. The van der Waals surface area contributed by atoms with Gasteiger partial charge in [0.25, 0.3) is 0 Å². The van der Waals surface area contributed by atoms with Crippen molar-refractivity contribution in [1.82, 2.24) is 10.2 Å². The van der Waals surface area contributed by atoms with E-state index in [1.54, 1.807) is 0 Å². The van der Waals surface area contributed by atoms with E-state index in [1.807, 2.05) is 37.3 Å². The van der Waals surface area contributed by atoms with Crippen LogP contribution >= 0.6 is 11.3 Å². The van der Waals surface area contributed by atoms with Gasteiger partial charge in [0.2, 0.25) is 5.13 Å². The number of hydrogen-bond donors (Lipinski definition) is 2. The monoisotopic (exact) mass is 392 g/mol. The van der Waals surface area contributed by atoms with Crippen LogP contribution in [0, 0.1) is 0 Å². The van der Waals surface area contributed by atoms with Crippen LogP contribution in [0.4, 0.5) is 28.8 Å². The van der Waals surface area contributed by atoms with Crippen LogP contribution in [0.5, 0.6) is 0 Å². The van der Waals surface area contributed by atoms with Gasteiger partial charge < -0.3 is 5.32 Å². The largest absolute Gasteiger partial charge is 0.416 e. The average Bonchev–Trinajstić information content (AvgIpc) is 3.09. The Morgan fingerprint density at radius 3 is 2.48 bits per heavy atom. The number of nitrogens with one attached hydrogen (secondary N) is 2. The van der Waals surface area contributed by atoms with E-state index in [-0.39, 0.29) is 16.7 Å². The van der Waals surface area contributed by atoms with Gasteiger partial charge in [-0.25, -0.2) is 4.79 Å². The van der Waals surface area contributed by atoms with Crippen LogP contribution in [0.1, 0.15) is 29.0 Å². The number of alkyl halides is 3. The summed E-state index contributed by atoms with van der Waals surface area (Å²) in [5.74, 6) is 0.00535. The van der Waals surface area contributed by atoms with Gasteiger partial charge in [0.1, 0.15) is 5.01 Å². The predicted octanol–water partition coefficient (Wildman–Crippen LogP) is 5.35. The lowest BCUT2D eigenvalue weighted by molar-refractivity contribution is -0.137. The molecule has 0 aliphatic rings. The van der Waals surface area contributed by atoms with Crippen LogP contribution in [0.2, 0.25) is 0 Å². The molecule has 3 rings (SSSR count). The van der Waals surface area contributed by atoms with Crippen molar-refractivity contribution in [3.8, 4) is 0 Å². The van der Waals surface area contributed by atoms with Gasteiger partial charge >= 0.3 is 12.2 Å². The van der Waals surface area contributed by atoms with Crippen molar-refractivity contribution < 1.29 is 18.0 Å². The Bertz CT molecular complexity index is 928. The fourth-order valence-corrected chi connectivity index (χ4v) is 3.20. The number of nitrogens with zero attached hydrogens (tertiary/aromatic N) is 2. The Morgan fingerprint density at radius 1 is 1.04 bits per heavy atom. The van der Waals surface area contributed by atoms with Crippen molar-refractivity contribution >= 4 is 28.2 Å². The lowest BCUT2D eigenvalue weighted by Gasteiger charge is -2.09. The summed E-state index contributed by atoms with van der Waals surface area (Å²) < 4.78 is 38.2. The van der Waals surface area contributed by atoms with Gasteiger partial charge in [-0.3, -0.25) is 5.32 Å². The molecular weight excluding hydrogens is 377 g/mol. The number of rotatable bonds is 4. The van der Waals surface area contributed by atoms with Crippen molar-refractivity contribution in [2.75, 3.05) is 10.6 Å². The topological polar surface area (TPSA) is 66.9 Å². The number of urea groups is 1.